The van der Waals surface area contributed by atoms with E-state index in [0.29, 0.717) is 0 Å². The van der Waals surface area contributed by atoms with Crippen LogP contribution in [0.5, 0.6) is 0 Å². The Balaban J connectivity index is 3.63. The second kappa shape index (κ2) is 5.07. The molecule has 0 aromatic carbocycles. The zero-order chi connectivity index (χ0) is 14.1. The van der Waals surface area contributed by atoms with E-state index >= 15 is 0 Å². The summed E-state index contributed by atoms with van der Waals surface area (Å²) < 4.78 is 27.5. The summed E-state index contributed by atoms with van der Waals surface area (Å²) in [6, 6.07) is 0. The molecule has 0 unspecified atom stereocenters. The first kappa shape index (κ1) is 14.7. The molecule has 0 saturated carbocycles. The standard InChI is InChI=1S/C10H17N3O4S/c1-5-13(6-2)18(16,17)8-7-11(3)10(15)12(4)9(8)14/h7H,5-6H2,1-4H3. The van der Waals surface area contributed by atoms with Gasteiger partial charge in [0.05, 0.1) is 0 Å². The molecular formula is C10H17N3O4S. The summed E-state index contributed by atoms with van der Waals surface area (Å²) >= 11 is 0. The van der Waals surface area contributed by atoms with Crippen molar-refractivity contribution < 1.29 is 8.42 Å². The molecule has 1 heterocycles. The topological polar surface area (TPSA) is 81.4 Å². The fourth-order valence-corrected chi connectivity index (χ4v) is 3.26. The van der Waals surface area contributed by atoms with Crippen molar-refractivity contribution in [1.82, 2.24) is 13.4 Å². The van der Waals surface area contributed by atoms with E-state index in [4.69, 9.17) is 0 Å². The first-order chi connectivity index (χ1) is 8.27. The van der Waals surface area contributed by atoms with E-state index in [1.54, 1.807) is 13.8 Å². The van der Waals surface area contributed by atoms with Crippen LogP contribution in [0.2, 0.25) is 0 Å². The molecule has 0 fully saturated rings. The normalized spacial score (nSPS) is 12.1. The van der Waals surface area contributed by atoms with E-state index in [1.165, 1.54) is 18.4 Å². The van der Waals surface area contributed by atoms with Crippen molar-refractivity contribution >= 4 is 10.0 Å². The van der Waals surface area contributed by atoms with Crippen LogP contribution in [0, 0.1) is 0 Å². The van der Waals surface area contributed by atoms with Crippen molar-refractivity contribution in [1.29, 1.82) is 0 Å². The molecule has 0 aliphatic rings. The molecule has 0 radical (unpaired) electrons. The maximum absolute atomic E-state index is 12.2. The Kier molecular flexibility index (Phi) is 4.12. The van der Waals surface area contributed by atoms with Crippen LogP contribution in [0.4, 0.5) is 0 Å². The highest BCUT2D eigenvalue weighted by molar-refractivity contribution is 7.89. The molecule has 7 nitrogen and oxygen atoms in total. The van der Waals surface area contributed by atoms with Crippen LogP contribution >= 0.6 is 0 Å². The highest BCUT2D eigenvalue weighted by Gasteiger charge is 2.26. The van der Waals surface area contributed by atoms with Crippen molar-refractivity contribution in [3.8, 4) is 0 Å². The smallest absolute Gasteiger partial charge is 0.302 e. The third-order valence-corrected chi connectivity index (χ3v) is 4.77. The van der Waals surface area contributed by atoms with Crippen LogP contribution in [0.25, 0.3) is 0 Å². The van der Waals surface area contributed by atoms with Crippen molar-refractivity contribution in [3.05, 3.63) is 27.0 Å². The van der Waals surface area contributed by atoms with Crippen molar-refractivity contribution in [2.24, 2.45) is 14.1 Å². The fourth-order valence-electron chi connectivity index (χ4n) is 1.65. The molecule has 0 spiro atoms. The summed E-state index contributed by atoms with van der Waals surface area (Å²) in [5, 5.41) is 0. The average molecular weight is 275 g/mol. The van der Waals surface area contributed by atoms with Crippen LogP contribution in [0.15, 0.2) is 20.7 Å². The van der Waals surface area contributed by atoms with Gasteiger partial charge in [-0.25, -0.2) is 13.2 Å². The molecule has 0 aliphatic carbocycles. The van der Waals surface area contributed by atoms with Gasteiger partial charge in [0, 0.05) is 33.4 Å². The maximum atomic E-state index is 12.2. The predicted molar refractivity (Wildman–Crippen MR) is 67.0 cm³/mol. The Morgan fingerprint density at radius 1 is 1.17 bits per heavy atom. The van der Waals surface area contributed by atoms with E-state index in [2.05, 4.69) is 0 Å². The Hall–Kier alpha value is -1.41. The number of aryl methyl sites for hydroxylation is 1. The average Bonchev–Trinajstić information content (AvgIpc) is 2.32. The molecule has 18 heavy (non-hydrogen) atoms. The zero-order valence-electron chi connectivity index (χ0n) is 10.9. The Morgan fingerprint density at radius 2 is 1.67 bits per heavy atom. The lowest BCUT2D eigenvalue weighted by Crippen LogP contribution is -2.42. The third-order valence-electron chi connectivity index (χ3n) is 2.74. The molecule has 1 rings (SSSR count). The maximum Gasteiger partial charge on any atom is 0.330 e. The Morgan fingerprint density at radius 3 is 2.11 bits per heavy atom. The number of rotatable bonds is 4. The molecule has 0 amide bonds. The lowest BCUT2D eigenvalue weighted by Gasteiger charge is -2.18. The van der Waals surface area contributed by atoms with Gasteiger partial charge in [-0.15, -0.1) is 0 Å². The van der Waals surface area contributed by atoms with Crippen LogP contribution in [0.1, 0.15) is 13.8 Å². The summed E-state index contributed by atoms with van der Waals surface area (Å²) in [7, 11) is -1.19. The molecule has 0 atom stereocenters. The molecular weight excluding hydrogens is 258 g/mol. The summed E-state index contributed by atoms with van der Waals surface area (Å²) in [6.45, 7) is 3.91. The number of hydrogen-bond acceptors (Lipinski definition) is 4. The largest absolute Gasteiger partial charge is 0.330 e. The van der Waals surface area contributed by atoms with Gasteiger partial charge in [-0.05, 0) is 0 Å². The molecule has 0 bridgehead atoms. The van der Waals surface area contributed by atoms with E-state index < -0.39 is 21.3 Å². The van der Waals surface area contributed by atoms with Crippen LogP contribution in [-0.4, -0.2) is 34.9 Å². The summed E-state index contributed by atoms with van der Waals surface area (Å²) in [6.07, 6.45) is 1.07. The highest BCUT2D eigenvalue weighted by Crippen LogP contribution is 2.09. The second-order valence-corrected chi connectivity index (χ2v) is 5.75. The SMILES string of the molecule is CCN(CC)S(=O)(=O)c1cn(C)c(=O)n(C)c1=O. The van der Waals surface area contributed by atoms with Gasteiger partial charge >= 0.3 is 5.69 Å². The predicted octanol–water partition coefficient (Wildman–Crippen LogP) is -0.885. The van der Waals surface area contributed by atoms with Gasteiger partial charge in [-0.2, -0.15) is 4.31 Å². The van der Waals surface area contributed by atoms with Gasteiger partial charge in [0.1, 0.15) is 0 Å². The van der Waals surface area contributed by atoms with Crippen LogP contribution < -0.4 is 11.2 Å². The minimum absolute atomic E-state index is 0.269. The van der Waals surface area contributed by atoms with Gasteiger partial charge in [0.2, 0.25) is 10.0 Å². The van der Waals surface area contributed by atoms with Gasteiger partial charge in [-0.3, -0.25) is 9.36 Å². The van der Waals surface area contributed by atoms with E-state index in [0.717, 1.165) is 15.3 Å². The minimum atomic E-state index is -3.85. The summed E-state index contributed by atoms with van der Waals surface area (Å²) in [4.78, 5) is 23.0. The third kappa shape index (κ3) is 2.25. The van der Waals surface area contributed by atoms with Crippen molar-refractivity contribution in [2.75, 3.05) is 13.1 Å². The highest BCUT2D eigenvalue weighted by atomic mass is 32.2. The Bertz CT molecular complexity index is 653. The van der Waals surface area contributed by atoms with Gasteiger partial charge in [0.15, 0.2) is 4.90 Å². The van der Waals surface area contributed by atoms with Gasteiger partial charge in [0.25, 0.3) is 5.56 Å². The lowest BCUT2D eigenvalue weighted by molar-refractivity contribution is 0.442. The lowest BCUT2D eigenvalue weighted by atomic mass is 10.6. The first-order valence-corrected chi connectivity index (χ1v) is 6.98. The van der Waals surface area contributed by atoms with Gasteiger partial charge < -0.3 is 4.57 Å². The number of hydrogen-bond donors (Lipinski definition) is 0. The minimum Gasteiger partial charge on any atom is -0.302 e. The van der Waals surface area contributed by atoms with E-state index in [9.17, 15) is 18.0 Å². The van der Waals surface area contributed by atoms with E-state index in [1.807, 2.05) is 0 Å². The number of sulfonamides is 1. The van der Waals surface area contributed by atoms with Crippen molar-refractivity contribution in [2.45, 2.75) is 18.7 Å². The molecule has 102 valence electrons. The quantitative estimate of drug-likeness (QED) is 0.714. The molecule has 0 aliphatic heterocycles. The molecule has 1 aromatic heterocycles. The monoisotopic (exact) mass is 275 g/mol. The first-order valence-electron chi connectivity index (χ1n) is 5.54. The summed E-state index contributed by atoms with van der Waals surface area (Å²) in [5.41, 5.74) is -1.36. The molecule has 0 N–H and O–H groups in total. The molecule has 0 saturated heterocycles. The summed E-state index contributed by atoms with van der Waals surface area (Å²) in [5.74, 6) is 0. The fraction of sp³-hybridized carbons (Fsp3) is 0.600. The molecule has 8 heteroatoms. The molecule has 1 aromatic rings. The Labute approximate surface area is 105 Å². The van der Waals surface area contributed by atoms with Crippen LogP contribution in [0.3, 0.4) is 0 Å². The number of nitrogens with zero attached hydrogens (tertiary/aromatic N) is 3. The van der Waals surface area contributed by atoms with Gasteiger partial charge in [-0.1, -0.05) is 13.8 Å². The van der Waals surface area contributed by atoms with E-state index in [-0.39, 0.29) is 18.0 Å². The van der Waals surface area contributed by atoms with Crippen molar-refractivity contribution in [3.63, 3.8) is 0 Å². The second-order valence-electron chi connectivity index (χ2n) is 3.84. The number of aromatic nitrogens is 2. The van der Waals surface area contributed by atoms with Crippen LogP contribution in [-0.2, 0) is 24.1 Å². The zero-order valence-corrected chi connectivity index (χ0v) is 11.7.